The van der Waals surface area contributed by atoms with Crippen LogP contribution in [0.1, 0.15) is 45.4 Å². The predicted octanol–water partition coefficient (Wildman–Crippen LogP) is 7.21. The molecular formula is C40H38ClFN6O4S. The molecule has 1 unspecified atom stereocenters. The highest BCUT2D eigenvalue weighted by atomic mass is 35.5. The summed E-state index contributed by atoms with van der Waals surface area (Å²) in [5, 5.41) is 5.77. The normalized spacial score (nSPS) is 19.3. The molecule has 2 saturated heterocycles. The first-order valence-corrected chi connectivity index (χ1v) is 18.8. The van der Waals surface area contributed by atoms with Gasteiger partial charge in [0.1, 0.15) is 17.7 Å². The Morgan fingerprint density at radius 3 is 2.49 bits per heavy atom. The number of likely N-dealkylation sites (N-methyl/N-ethyl adjacent to an activating group) is 1. The van der Waals surface area contributed by atoms with Gasteiger partial charge in [0, 0.05) is 55.7 Å². The van der Waals surface area contributed by atoms with E-state index in [0.29, 0.717) is 51.5 Å². The number of ether oxygens (including phenoxy) is 1. The molecule has 4 aliphatic rings. The minimum absolute atomic E-state index is 0.0750. The third kappa shape index (κ3) is 6.76. The summed E-state index contributed by atoms with van der Waals surface area (Å²) in [4.78, 5) is 53.0. The number of carbonyl (C=O) groups excluding carboxylic acids is 3. The Balaban J connectivity index is 0.971. The monoisotopic (exact) mass is 752 g/mol. The molecule has 6 heterocycles. The maximum absolute atomic E-state index is 14.4. The average Bonchev–Trinajstić information content (AvgIpc) is 3.50. The van der Waals surface area contributed by atoms with E-state index in [2.05, 4.69) is 31.6 Å². The highest BCUT2D eigenvalue weighted by Gasteiger charge is 2.44. The van der Waals surface area contributed by atoms with Crippen LogP contribution in [0, 0.1) is 11.2 Å². The van der Waals surface area contributed by atoms with Crippen LogP contribution in [0.25, 0.3) is 10.6 Å². The van der Waals surface area contributed by atoms with Crippen molar-refractivity contribution < 1.29 is 23.5 Å². The summed E-state index contributed by atoms with van der Waals surface area (Å²) in [7, 11) is 2.02. The standard InChI is InChI=1S/C40H38ClFN6O4S/c1-24-19-28(38(46(2)21-24)47-17-13-40(14-18-47)22-52-23-40)36(49)44-27-10-8-25(9-11-27)39(51)48-16-12-26-20-32(53-35(26)34-31(48)7-4-15-43-34)37(50)45-33-29(41)5-3-6-30(33)42/h3-11,15,19-21,38H,12-14,16-18,22-23H2,1-2H3,(H,44,49)(H,45,50). The maximum Gasteiger partial charge on any atom is 0.265 e. The summed E-state index contributed by atoms with van der Waals surface area (Å²) in [6, 6.07) is 16.5. The number of fused-ring (bicyclic) bond motifs is 3. The number of hydrogen-bond donors (Lipinski definition) is 2. The Morgan fingerprint density at radius 1 is 1.00 bits per heavy atom. The molecule has 1 atom stereocenters. The van der Waals surface area contributed by atoms with Crippen LogP contribution < -0.4 is 15.5 Å². The summed E-state index contributed by atoms with van der Waals surface area (Å²) in [5.41, 5.74) is 5.02. The van der Waals surface area contributed by atoms with Crippen molar-refractivity contribution in [2.45, 2.75) is 32.4 Å². The highest BCUT2D eigenvalue weighted by molar-refractivity contribution is 7.17. The van der Waals surface area contributed by atoms with Gasteiger partial charge in [0.2, 0.25) is 0 Å². The summed E-state index contributed by atoms with van der Waals surface area (Å²) in [6.07, 6.45) is 8.11. The van der Waals surface area contributed by atoms with Gasteiger partial charge in [0.05, 0.1) is 44.9 Å². The molecule has 8 rings (SSSR count). The molecule has 2 aromatic heterocycles. The Labute approximate surface area is 315 Å². The largest absolute Gasteiger partial charge is 0.380 e. The van der Waals surface area contributed by atoms with Crippen LogP contribution in [-0.4, -0.2) is 78.6 Å². The van der Waals surface area contributed by atoms with Gasteiger partial charge < -0.3 is 25.2 Å². The first-order valence-electron chi connectivity index (χ1n) is 17.6. The molecule has 3 amide bonds. The van der Waals surface area contributed by atoms with Crippen molar-refractivity contribution in [3.63, 3.8) is 0 Å². The zero-order chi connectivity index (χ0) is 36.9. The zero-order valence-electron chi connectivity index (χ0n) is 29.3. The second kappa shape index (κ2) is 14.2. The minimum Gasteiger partial charge on any atom is -0.380 e. The fourth-order valence-corrected chi connectivity index (χ4v) is 8.98. The summed E-state index contributed by atoms with van der Waals surface area (Å²) >= 11 is 7.37. The molecule has 272 valence electrons. The van der Waals surface area contributed by atoms with Crippen LogP contribution in [0.2, 0.25) is 5.02 Å². The predicted molar refractivity (Wildman–Crippen MR) is 205 cm³/mol. The number of pyridine rings is 1. The molecule has 4 aromatic rings. The number of allylic oxidation sites excluding steroid dienone is 2. The van der Waals surface area contributed by atoms with Crippen molar-refractivity contribution in [2.24, 2.45) is 5.41 Å². The first kappa shape index (κ1) is 35.2. The number of carbonyl (C=O) groups is 3. The van der Waals surface area contributed by atoms with Crippen LogP contribution in [0.3, 0.4) is 0 Å². The Hall–Kier alpha value is -4.88. The number of nitrogens with zero attached hydrogens (tertiary/aromatic N) is 4. The summed E-state index contributed by atoms with van der Waals surface area (Å²) in [5.74, 6) is -1.49. The number of aromatic nitrogens is 1. The molecule has 53 heavy (non-hydrogen) atoms. The quantitative estimate of drug-likeness (QED) is 0.215. The van der Waals surface area contributed by atoms with Crippen molar-refractivity contribution in [3.05, 3.63) is 117 Å². The van der Waals surface area contributed by atoms with E-state index in [1.807, 2.05) is 26.1 Å². The number of rotatable bonds is 6. The fraction of sp³-hybridized carbons (Fsp3) is 0.300. The Kier molecular flexibility index (Phi) is 9.40. The number of likely N-dealkylation sites (tertiary alicyclic amines) is 1. The molecule has 1 spiro atoms. The molecule has 13 heteroatoms. The number of halogens is 2. The SMILES string of the molecule is CC1=CN(C)C(N2CCC3(CC2)COC3)C(C(=O)Nc2ccc(C(=O)N3CCc4cc(C(=O)Nc5c(F)cccc5Cl)sc4-c4ncccc43)cc2)=C1. The lowest BCUT2D eigenvalue weighted by Crippen LogP contribution is -2.57. The minimum atomic E-state index is -0.623. The molecule has 0 radical (unpaired) electrons. The smallest absolute Gasteiger partial charge is 0.265 e. The maximum atomic E-state index is 14.4. The van der Waals surface area contributed by atoms with E-state index in [4.69, 9.17) is 16.3 Å². The van der Waals surface area contributed by atoms with Gasteiger partial charge in [-0.05, 0) is 98.0 Å². The van der Waals surface area contributed by atoms with E-state index in [1.165, 1.54) is 29.5 Å². The van der Waals surface area contributed by atoms with Crippen LogP contribution in [0.4, 0.5) is 21.5 Å². The van der Waals surface area contributed by atoms with E-state index in [-0.39, 0.29) is 28.7 Å². The lowest BCUT2D eigenvalue weighted by atomic mass is 9.76. The second-order valence-corrected chi connectivity index (χ2v) is 15.6. The van der Waals surface area contributed by atoms with Crippen molar-refractivity contribution >= 4 is 57.7 Å². The molecule has 2 aromatic carbocycles. The van der Waals surface area contributed by atoms with E-state index in [9.17, 15) is 18.8 Å². The highest BCUT2D eigenvalue weighted by Crippen LogP contribution is 2.42. The number of thiophene rings is 1. The van der Waals surface area contributed by atoms with Gasteiger partial charge >= 0.3 is 0 Å². The molecule has 2 N–H and O–H groups in total. The van der Waals surface area contributed by atoms with Crippen LogP contribution >= 0.6 is 22.9 Å². The third-order valence-electron chi connectivity index (χ3n) is 10.5. The first-order chi connectivity index (χ1) is 25.6. The van der Waals surface area contributed by atoms with E-state index in [1.54, 1.807) is 47.5 Å². The number of piperidine rings is 1. The number of amides is 3. The van der Waals surface area contributed by atoms with Gasteiger partial charge in [-0.2, -0.15) is 0 Å². The number of anilines is 3. The molecule has 10 nitrogen and oxygen atoms in total. The molecule has 0 bridgehead atoms. The molecule has 4 aliphatic heterocycles. The van der Waals surface area contributed by atoms with Gasteiger partial charge in [-0.15, -0.1) is 11.3 Å². The molecular weight excluding hydrogens is 715 g/mol. The van der Waals surface area contributed by atoms with Crippen molar-refractivity contribution in [1.29, 1.82) is 0 Å². The van der Waals surface area contributed by atoms with Crippen molar-refractivity contribution in [3.8, 4) is 10.6 Å². The van der Waals surface area contributed by atoms with E-state index < -0.39 is 11.7 Å². The van der Waals surface area contributed by atoms with Gasteiger partial charge in [0.25, 0.3) is 17.7 Å². The zero-order valence-corrected chi connectivity index (χ0v) is 30.9. The fourth-order valence-electron chi connectivity index (χ4n) is 7.66. The lowest BCUT2D eigenvalue weighted by Gasteiger charge is -2.50. The summed E-state index contributed by atoms with van der Waals surface area (Å²) in [6.45, 7) is 5.80. The average molecular weight is 753 g/mol. The number of benzene rings is 2. The Morgan fingerprint density at radius 2 is 1.77 bits per heavy atom. The number of para-hydroxylation sites is 1. The number of nitrogens with one attached hydrogen (secondary N) is 2. The Bertz CT molecular complexity index is 2150. The number of hydrogen-bond acceptors (Lipinski definition) is 8. The van der Waals surface area contributed by atoms with Crippen molar-refractivity contribution in [2.75, 3.05) is 55.4 Å². The molecule has 0 aliphatic carbocycles. The topological polar surface area (TPSA) is 107 Å². The molecule has 2 fully saturated rings. The third-order valence-corrected chi connectivity index (χ3v) is 12.0. The van der Waals surface area contributed by atoms with Gasteiger partial charge in [-0.3, -0.25) is 24.3 Å². The van der Waals surface area contributed by atoms with E-state index >= 15 is 0 Å². The van der Waals surface area contributed by atoms with Crippen LogP contribution in [-0.2, 0) is 16.0 Å². The van der Waals surface area contributed by atoms with E-state index in [0.717, 1.165) is 55.2 Å². The summed E-state index contributed by atoms with van der Waals surface area (Å²) < 4.78 is 19.9. The van der Waals surface area contributed by atoms with Crippen LogP contribution in [0.15, 0.2) is 90.3 Å². The van der Waals surface area contributed by atoms with Gasteiger partial charge in [-0.25, -0.2) is 4.39 Å². The lowest BCUT2D eigenvalue weighted by molar-refractivity contribution is -0.145. The second-order valence-electron chi connectivity index (χ2n) is 14.2. The van der Waals surface area contributed by atoms with Gasteiger partial charge in [0.15, 0.2) is 0 Å². The van der Waals surface area contributed by atoms with Gasteiger partial charge in [-0.1, -0.05) is 17.7 Å². The molecule has 0 saturated carbocycles. The van der Waals surface area contributed by atoms with Crippen LogP contribution in [0.5, 0.6) is 0 Å². The van der Waals surface area contributed by atoms with Crippen molar-refractivity contribution in [1.82, 2.24) is 14.8 Å².